The monoisotopic (exact) mass is 444 g/mol. The summed E-state index contributed by atoms with van der Waals surface area (Å²) in [6.45, 7) is 8.62. The van der Waals surface area contributed by atoms with E-state index in [1.54, 1.807) is 50.7 Å². The van der Waals surface area contributed by atoms with Crippen molar-refractivity contribution < 1.29 is 28.3 Å². The van der Waals surface area contributed by atoms with Gasteiger partial charge in [-0.25, -0.2) is 4.79 Å². The van der Waals surface area contributed by atoms with Gasteiger partial charge < -0.3 is 29.1 Å². The Balaban J connectivity index is 1.91. The third-order valence-electron chi connectivity index (χ3n) is 4.45. The predicted octanol–water partition coefficient (Wildman–Crippen LogP) is 3.01. The van der Waals surface area contributed by atoms with Crippen LogP contribution in [0.25, 0.3) is 0 Å². The van der Waals surface area contributed by atoms with Crippen molar-refractivity contribution in [2.24, 2.45) is 0 Å². The van der Waals surface area contributed by atoms with Crippen LogP contribution in [0.5, 0.6) is 0 Å². The maximum absolute atomic E-state index is 12.4. The van der Waals surface area contributed by atoms with Gasteiger partial charge in [0.15, 0.2) is 6.61 Å². The maximum Gasteiger partial charge on any atom is 0.407 e. The van der Waals surface area contributed by atoms with Crippen LogP contribution in [-0.4, -0.2) is 41.3 Å². The Bertz CT molecular complexity index is 1010. The molecule has 32 heavy (non-hydrogen) atoms. The van der Waals surface area contributed by atoms with Crippen molar-refractivity contribution in [3.63, 3.8) is 0 Å². The van der Waals surface area contributed by atoms with Crippen LogP contribution >= 0.6 is 0 Å². The van der Waals surface area contributed by atoms with E-state index in [0.29, 0.717) is 23.7 Å². The summed E-state index contributed by atoms with van der Waals surface area (Å²) in [5.41, 5.74) is 1.23. The molecular formula is C22H28N4O6. The quantitative estimate of drug-likeness (QED) is 0.597. The topological polar surface area (TPSA) is 136 Å². The smallest absolute Gasteiger partial charge is 0.407 e. The Morgan fingerprint density at radius 3 is 2.56 bits per heavy atom. The van der Waals surface area contributed by atoms with Crippen molar-refractivity contribution in [1.82, 2.24) is 9.88 Å². The molecule has 0 radical (unpaired) electrons. The number of rotatable bonds is 8. The maximum atomic E-state index is 12.4. The van der Waals surface area contributed by atoms with Crippen LogP contribution < -0.4 is 10.6 Å². The SMILES string of the molecule is Cc1c(C#N)c(NC(=O)COC(=O)CCNC(=O)OC(C)(C)C)n(Cc2ccco2)c1C. The van der Waals surface area contributed by atoms with Crippen molar-refractivity contribution >= 4 is 23.8 Å². The molecule has 0 atom stereocenters. The Morgan fingerprint density at radius 2 is 1.97 bits per heavy atom. The number of carbonyl (C=O) groups excluding carboxylic acids is 3. The molecule has 0 fully saturated rings. The minimum atomic E-state index is -0.657. The number of aromatic nitrogens is 1. The fourth-order valence-electron chi connectivity index (χ4n) is 2.85. The second-order valence-corrected chi connectivity index (χ2v) is 8.10. The number of amides is 2. The largest absolute Gasteiger partial charge is 0.467 e. The number of carbonyl (C=O) groups is 3. The van der Waals surface area contributed by atoms with Gasteiger partial charge in [0.2, 0.25) is 0 Å². The number of furan rings is 1. The van der Waals surface area contributed by atoms with Crippen molar-refractivity contribution in [2.45, 2.75) is 53.2 Å². The van der Waals surface area contributed by atoms with E-state index in [1.807, 2.05) is 6.92 Å². The first kappa shape index (κ1) is 24.5. The van der Waals surface area contributed by atoms with Gasteiger partial charge in [0.05, 0.1) is 24.8 Å². The highest BCUT2D eigenvalue weighted by Gasteiger charge is 2.21. The number of ether oxygens (including phenoxy) is 2. The van der Waals surface area contributed by atoms with Crippen LogP contribution in [-0.2, 0) is 25.6 Å². The number of nitrogens with zero attached hydrogens (tertiary/aromatic N) is 2. The third-order valence-corrected chi connectivity index (χ3v) is 4.45. The first-order chi connectivity index (χ1) is 15.0. The lowest BCUT2D eigenvalue weighted by atomic mass is 10.2. The summed E-state index contributed by atoms with van der Waals surface area (Å²) >= 11 is 0. The van der Waals surface area contributed by atoms with Gasteiger partial charge in [0.25, 0.3) is 5.91 Å². The summed E-state index contributed by atoms with van der Waals surface area (Å²) < 4.78 is 17.2. The minimum Gasteiger partial charge on any atom is -0.467 e. The zero-order valence-electron chi connectivity index (χ0n) is 18.9. The standard InChI is InChI=1S/C22H28N4O6/c1-14-15(2)26(12-16-7-6-10-30-16)20(17(14)11-23)25-18(27)13-31-19(28)8-9-24-21(29)32-22(3,4)5/h6-7,10H,8-9,12-13H2,1-5H3,(H,24,29)(H,25,27). The summed E-state index contributed by atoms with van der Waals surface area (Å²) in [6, 6.07) is 5.65. The Hall–Kier alpha value is -3.74. The summed E-state index contributed by atoms with van der Waals surface area (Å²) in [5.74, 6) is -0.276. The van der Waals surface area contributed by atoms with Gasteiger partial charge in [-0.05, 0) is 52.3 Å². The van der Waals surface area contributed by atoms with Crippen molar-refractivity contribution in [3.8, 4) is 6.07 Å². The molecule has 0 saturated heterocycles. The van der Waals surface area contributed by atoms with Gasteiger partial charge in [-0.3, -0.25) is 9.59 Å². The molecule has 0 aliphatic rings. The first-order valence-corrected chi connectivity index (χ1v) is 10.1. The molecule has 0 spiro atoms. The molecule has 0 unspecified atom stereocenters. The normalized spacial score (nSPS) is 10.9. The molecule has 0 aromatic carbocycles. The fraction of sp³-hybridized carbons (Fsp3) is 0.455. The molecular weight excluding hydrogens is 416 g/mol. The molecule has 2 N–H and O–H groups in total. The van der Waals surface area contributed by atoms with Gasteiger partial charge >= 0.3 is 12.1 Å². The summed E-state index contributed by atoms with van der Waals surface area (Å²) in [5, 5.41) is 14.6. The average molecular weight is 444 g/mol. The van der Waals surface area contributed by atoms with Crippen molar-refractivity contribution in [1.29, 1.82) is 5.26 Å². The second kappa shape index (κ2) is 10.5. The lowest BCUT2D eigenvalue weighted by Crippen LogP contribution is -2.34. The molecule has 2 amide bonds. The fourth-order valence-corrected chi connectivity index (χ4v) is 2.85. The van der Waals surface area contributed by atoms with Gasteiger partial charge in [-0.1, -0.05) is 0 Å². The third kappa shape index (κ3) is 6.91. The molecule has 10 nitrogen and oxygen atoms in total. The lowest BCUT2D eigenvalue weighted by Gasteiger charge is -2.19. The Labute approximate surface area is 186 Å². The molecule has 0 aliphatic carbocycles. The molecule has 2 heterocycles. The molecule has 0 bridgehead atoms. The van der Waals surface area contributed by atoms with Crippen LogP contribution in [0.2, 0.25) is 0 Å². The number of anilines is 1. The van der Waals surface area contributed by atoms with Crippen LogP contribution in [0.15, 0.2) is 22.8 Å². The van der Waals surface area contributed by atoms with E-state index < -0.39 is 30.2 Å². The molecule has 0 saturated carbocycles. The van der Waals surface area contributed by atoms with Gasteiger partial charge in [-0.15, -0.1) is 0 Å². The number of hydrogen-bond donors (Lipinski definition) is 2. The molecule has 2 aromatic rings. The zero-order chi connectivity index (χ0) is 23.9. The van der Waals surface area contributed by atoms with E-state index in [0.717, 1.165) is 11.3 Å². The minimum absolute atomic E-state index is 0.0122. The molecule has 2 rings (SSSR count). The highest BCUT2D eigenvalue weighted by molar-refractivity contribution is 5.93. The van der Waals surface area contributed by atoms with Crippen LogP contribution in [0.4, 0.5) is 10.6 Å². The Morgan fingerprint density at radius 1 is 1.25 bits per heavy atom. The number of esters is 1. The van der Waals surface area contributed by atoms with Crippen molar-refractivity contribution in [3.05, 3.63) is 41.0 Å². The summed E-state index contributed by atoms with van der Waals surface area (Å²) in [7, 11) is 0. The number of nitriles is 1. The van der Waals surface area contributed by atoms with E-state index in [9.17, 15) is 19.6 Å². The number of alkyl carbamates (subject to hydrolysis) is 1. The highest BCUT2D eigenvalue weighted by atomic mass is 16.6. The Kier molecular flexibility index (Phi) is 8.07. The van der Waals surface area contributed by atoms with E-state index in [-0.39, 0.29) is 13.0 Å². The van der Waals surface area contributed by atoms with E-state index >= 15 is 0 Å². The molecule has 172 valence electrons. The highest BCUT2D eigenvalue weighted by Crippen LogP contribution is 2.27. The van der Waals surface area contributed by atoms with E-state index in [2.05, 4.69) is 16.7 Å². The van der Waals surface area contributed by atoms with E-state index in [1.165, 1.54) is 0 Å². The number of hydrogen-bond acceptors (Lipinski definition) is 7. The lowest BCUT2D eigenvalue weighted by molar-refractivity contribution is -0.147. The van der Waals surface area contributed by atoms with Gasteiger partial charge in [0, 0.05) is 12.2 Å². The van der Waals surface area contributed by atoms with Crippen LogP contribution in [0.1, 0.15) is 49.8 Å². The van der Waals surface area contributed by atoms with E-state index in [4.69, 9.17) is 13.9 Å². The second-order valence-electron chi connectivity index (χ2n) is 8.10. The molecule has 10 heteroatoms. The van der Waals surface area contributed by atoms with Gasteiger partial charge in [-0.2, -0.15) is 5.26 Å². The predicted molar refractivity (Wildman–Crippen MR) is 115 cm³/mol. The van der Waals surface area contributed by atoms with Gasteiger partial charge in [0.1, 0.15) is 23.2 Å². The van der Waals surface area contributed by atoms with Crippen molar-refractivity contribution in [2.75, 3.05) is 18.5 Å². The molecule has 0 aliphatic heterocycles. The van der Waals surface area contributed by atoms with Crippen LogP contribution in [0, 0.1) is 25.2 Å². The molecule has 2 aromatic heterocycles. The number of nitrogens with one attached hydrogen (secondary N) is 2. The first-order valence-electron chi connectivity index (χ1n) is 10.1. The average Bonchev–Trinajstić information content (AvgIpc) is 3.28. The zero-order valence-corrected chi connectivity index (χ0v) is 18.9. The van der Waals surface area contributed by atoms with Crippen LogP contribution in [0.3, 0.4) is 0 Å². The summed E-state index contributed by atoms with van der Waals surface area (Å²) in [6.07, 6.45) is 0.778. The summed E-state index contributed by atoms with van der Waals surface area (Å²) in [4.78, 5) is 35.8.